The van der Waals surface area contributed by atoms with Gasteiger partial charge in [0.15, 0.2) is 5.82 Å². The Labute approximate surface area is 128 Å². The number of benzene rings is 1. The summed E-state index contributed by atoms with van der Waals surface area (Å²) < 4.78 is 10.9. The lowest BCUT2D eigenvalue weighted by molar-refractivity contribution is 0.122. The first-order valence-corrected chi connectivity index (χ1v) is 7.26. The maximum Gasteiger partial charge on any atom is 0.207 e. The molecule has 1 aliphatic heterocycles. The number of para-hydroxylation sites is 2. The van der Waals surface area contributed by atoms with Crippen LogP contribution in [0.4, 0.5) is 5.82 Å². The Hall–Kier alpha value is -2.59. The molecular formula is C15H17N5O2. The van der Waals surface area contributed by atoms with Crippen LogP contribution in [-0.2, 0) is 4.74 Å². The second-order valence-corrected chi connectivity index (χ2v) is 4.77. The number of ether oxygens (including phenoxy) is 2. The zero-order valence-electron chi connectivity index (χ0n) is 12.4. The molecule has 0 spiro atoms. The molecule has 0 saturated carbocycles. The summed E-state index contributed by atoms with van der Waals surface area (Å²) >= 11 is 0. The average molecular weight is 299 g/mol. The topological polar surface area (TPSA) is 76.2 Å². The van der Waals surface area contributed by atoms with E-state index in [1.54, 1.807) is 0 Å². The van der Waals surface area contributed by atoms with Crippen LogP contribution in [0.2, 0.25) is 0 Å². The molecule has 1 saturated heterocycles. The predicted molar refractivity (Wildman–Crippen MR) is 80.3 cm³/mol. The van der Waals surface area contributed by atoms with E-state index in [9.17, 15) is 5.26 Å². The van der Waals surface area contributed by atoms with Crippen molar-refractivity contribution in [3.8, 4) is 17.5 Å². The molecule has 2 aromatic rings. The SMILES string of the molecule is CCOc1ccccc1-n1nc(C#N)c(N2CCOCC2)n1. The minimum absolute atomic E-state index is 0.313. The van der Waals surface area contributed by atoms with Crippen molar-refractivity contribution in [1.82, 2.24) is 15.0 Å². The first-order chi connectivity index (χ1) is 10.8. The second-order valence-electron chi connectivity index (χ2n) is 4.77. The van der Waals surface area contributed by atoms with Gasteiger partial charge >= 0.3 is 0 Å². The molecular weight excluding hydrogens is 282 g/mol. The minimum Gasteiger partial charge on any atom is -0.492 e. The minimum atomic E-state index is 0.313. The molecule has 7 nitrogen and oxygen atoms in total. The van der Waals surface area contributed by atoms with Gasteiger partial charge in [-0.25, -0.2) is 0 Å². The Balaban J connectivity index is 1.99. The monoisotopic (exact) mass is 299 g/mol. The summed E-state index contributed by atoms with van der Waals surface area (Å²) in [5.41, 5.74) is 1.04. The number of anilines is 1. The van der Waals surface area contributed by atoms with E-state index in [4.69, 9.17) is 9.47 Å². The van der Waals surface area contributed by atoms with Crippen LogP contribution < -0.4 is 9.64 Å². The van der Waals surface area contributed by atoms with Crippen molar-refractivity contribution < 1.29 is 9.47 Å². The molecule has 0 bridgehead atoms. The third-order valence-corrected chi connectivity index (χ3v) is 3.39. The predicted octanol–water partition coefficient (Wildman–Crippen LogP) is 1.37. The van der Waals surface area contributed by atoms with Gasteiger partial charge in [-0.3, -0.25) is 0 Å². The maximum atomic E-state index is 9.33. The van der Waals surface area contributed by atoms with Gasteiger partial charge in [-0.15, -0.1) is 15.0 Å². The lowest BCUT2D eigenvalue weighted by atomic mass is 10.3. The summed E-state index contributed by atoms with van der Waals surface area (Å²) in [4.78, 5) is 3.49. The number of aromatic nitrogens is 3. The number of nitriles is 1. The number of hydrogen-bond donors (Lipinski definition) is 0. The largest absolute Gasteiger partial charge is 0.492 e. The zero-order chi connectivity index (χ0) is 15.4. The lowest BCUT2D eigenvalue weighted by Crippen LogP contribution is -2.37. The summed E-state index contributed by atoms with van der Waals surface area (Å²) in [6.07, 6.45) is 0. The quantitative estimate of drug-likeness (QED) is 0.849. The van der Waals surface area contributed by atoms with E-state index in [-0.39, 0.29) is 0 Å². The van der Waals surface area contributed by atoms with Gasteiger partial charge in [-0.05, 0) is 19.1 Å². The zero-order valence-corrected chi connectivity index (χ0v) is 12.4. The summed E-state index contributed by atoms with van der Waals surface area (Å²) in [7, 11) is 0. The van der Waals surface area contributed by atoms with Crippen molar-refractivity contribution in [2.24, 2.45) is 0 Å². The summed E-state index contributed by atoms with van der Waals surface area (Å²) in [5, 5.41) is 18.1. The van der Waals surface area contributed by atoms with E-state index < -0.39 is 0 Å². The Morgan fingerprint density at radius 3 is 2.77 bits per heavy atom. The third-order valence-electron chi connectivity index (χ3n) is 3.39. The fourth-order valence-electron chi connectivity index (χ4n) is 2.37. The smallest absolute Gasteiger partial charge is 0.207 e. The molecule has 0 aliphatic carbocycles. The van der Waals surface area contributed by atoms with Gasteiger partial charge in [-0.1, -0.05) is 12.1 Å². The van der Waals surface area contributed by atoms with Crippen LogP contribution >= 0.6 is 0 Å². The van der Waals surface area contributed by atoms with Gasteiger partial charge in [-0.2, -0.15) is 5.26 Å². The first kappa shape index (κ1) is 14.4. The molecule has 3 rings (SSSR count). The Kier molecular flexibility index (Phi) is 4.21. The lowest BCUT2D eigenvalue weighted by Gasteiger charge is -2.26. The standard InChI is InChI=1S/C15H17N5O2/c1-2-22-14-6-4-3-5-13(14)20-17-12(11-16)15(18-20)19-7-9-21-10-8-19/h3-6H,2,7-10H2,1H3. The molecule has 0 radical (unpaired) electrons. The van der Waals surface area contributed by atoms with Crippen LogP contribution in [0.5, 0.6) is 5.75 Å². The van der Waals surface area contributed by atoms with E-state index in [1.807, 2.05) is 36.1 Å². The fraction of sp³-hybridized carbons (Fsp3) is 0.400. The molecule has 1 aromatic heterocycles. The highest BCUT2D eigenvalue weighted by atomic mass is 16.5. The molecule has 0 amide bonds. The normalized spacial score (nSPS) is 14.6. The van der Waals surface area contributed by atoms with Crippen LogP contribution in [0, 0.1) is 11.3 Å². The van der Waals surface area contributed by atoms with E-state index in [2.05, 4.69) is 16.3 Å². The van der Waals surface area contributed by atoms with Crippen molar-refractivity contribution in [3.63, 3.8) is 0 Å². The molecule has 2 heterocycles. The van der Waals surface area contributed by atoms with Gasteiger partial charge in [0.05, 0.1) is 19.8 Å². The van der Waals surface area contributed by atoms with E-state index in [0.29, 0.717) is 50.2 Å². The Bertz CT molecular complexity index is 685. The van der Waals surface area contributed by atoms with Gasteiger partial charge < -0.3 is 14.4 Å². The molecule has 1 aromatic carbocycles. The highest BCUT2D eigenvalue weighted by Gasteiger charge is 2.21. The van der Waals surface area contributed by atoms with Crippen molar-refractivity contribution in [3.05, 3.63) is 30.0 Å². The number of morpholine rings is 1. The molecule has 22 heavy (non-hydrogen) atoms. The first-order valence-electron chi connectivity index (χ1n) is 7.26. The highest BCUT2D eigenvalue weighted by Crippen LogP contribution is 2.24. The van der Waals surface area contributed by atoms with Crippen LogP contribution in [0.3, 0.4) is 0 Å². The molecule has 0 atom stereocenters. The van der Waals surface area contributed by atoms with E-state index in [0.717, 1.165) is 5.69 Å². The summed E-state index contributed by atoms with van der Waals surface area (Å²) in [6, 6.07) is 9.64. The van der Waals surface area contributed by atoms with Gasteiger partial charge in [0.1, 0.15) is 17.5 Å². The van der Waals surface area contributed by atoms with Crippen LogP contribution in [0.1, 0.15) is 12.6 Å². The highest BCUT2D eigenvalue weighted by molar-refractivity contribution is 5.52. The third kappa shape index (κ3) is 2.73. The molecule has 7 heteroatoms. The van der Waals surface area contributed by atoms with Crippen molar-refractivity contribution >= 4 is 5.82 Å². The molecule has 1 aliphatic rings. The fourth-order valence-corrected chi connectivity index (χ4v) is 2.37. The average Bonchev–Trinajstić information content (AvgIpc) is 3.01. The van der Waals surface area contributed by atoms with Crippen molar-refractivity contribution in [2.75, 3.05) is 37.8 Å². The van der Waals surface area contributed by atoms with Crippen molar-refractivity contribution in [2.45, 2.75) is 6.92 Å². The summed E-state index contributed by atoms with van der Waals surface area (Å²) in [5.74, 6) is 1.29. The van der Waals surface area contributed by atoms with Crippen molar-refractivity contribution in [1.29, 1.82) is 5.26 Å². The maximum absolute atomic E-state index is 9.33. The van der Waals surface area contributed by atoms with Gasteiger partial charge in [0.2, 0.25) is 5.69 Å². The van der Waals surface area contributed by atoms with Crippen LogP contribution in [0.15, 0.2) is 24.3 Å². The van der Waals surface area contributed by atoms with Crippen LogP contribution in [0.25, 0.3) is 5.69 Å². The number of hydrogen-bond acceptors (Lipinski definition) is 6. The second kappa shape index (κ2) is 6.45. The molecule has 0 N–H and O–H groups in total. The Morgan fingerprint density at radius 1 is 1.27 bits per heavy atom. The van der Waals surface area contributed by atoms with Crippen LogP contribution in [-0.4, -0.2) is 47.9 Å². The Morgan fingerprint density at radius 2 is 2.05 bits per heavy atom. The van der Waals surface area contributed by atoms with E-state index >= 15 is 0 Å². The molecule has 1 fully saturated rings. The van der Waals surface area contributed by atoms with Gasteiger partial charge in [0, 0.05) is 13.1 Å². The van der Waals surface area contributed by atoms with Gasteiger partial charge in [0.25, 0.3) is 0 Å². The van der Waals surface area contributed by atoms with E-state index in [1.165, 1.54) is 4.80 Å². The molecule has 0 unspecified atom stereocenters. The number of nitrogens with zero attached hydrogens (tertiary/aromatic N) is 5. The number of rotatable bonds is 4. The molecule has 114 valence electrons. The summed E-state index contributed by atoms with van der Waals surface area (Å²) in [6.45, 7) is 5.16.